The van der Waals surface area contributed by atoms with Crippen LogP contribution in [0.25, 0.3) is 0 Å². The van der Waals surface area contributed by atoms with E-state index in [0.717, 1.165) is 15.8 Å². The Hall–Kier alpha value is -2.08. The quantitative estimate of drug-likeness (QED) is 0.699. The van der Waals surface area contributed by atoms with E-state index in [0.29, 0.717) is 19.7 Å². The molecule has 25 heavy (non-hydrogen) atoms. The minimum absolute atomic E-state index is 0.361. The van der Waals surface area contributed by atoms with Crippen LogP contribution >= 0.6 is 15.9 Å². The van der Waals surface area contributed by atoms with Gasteiger partial charge in [0.15, 0.2) is 0 Å². The zero-order valence-electron chi connectivity index (χ0n) is 14.7. The predicted molar refractivity (Wildman–Crippen MR) is 101 cm³/mol. The molecule has 6 heteroatoms. The summed E-state index contributed by atoms with van der Waals surface area (Å²) in [4.78, 5) is 18.1. The molecule has 1 amide bonds. The number of carbonyl (C=O) groups excluding carboxylic acids is 1. The van der Waals surface area contributed by atoms with Crippen molar-refractivity contribution in [2.75, 3.05) is 13.2 Å². The summed E-state index contributed by atoms with van der Waals surface area (Å²) in [6.45, 7) is 6.79. The van der Waals surface area contributed by atoms with E-state index in [1.54, 1.807) is 17.3 Å². The highest BCUT2D eigenvalue weighted by Gasteiger charge is 2.22. The van der Waals surface area contributed by atoms with E-state index in [-0.39, 0.29) is 6.09 Å². The van der Waals surface area contributed by atoms with Crippen molar-refractivity contribution in [2.24, 2.45) is 0 Å². The molecule has 5 nitrogen and oxygen atoms in total. The van der Waals surface area contributed by atoms with Crippen molar-refractivity contribution in [3.8, 4) is 5.75 Å². The first-order valence-electron chi connectivity index (χ1n) is 8.09. The van der Waals surface area contributed by atoms with Gasteiger partial charge in [-0.15, -0.1) is 0 Å². The topological polar surface area (TPSA) is 51.7 Å². The van der Waals surface area contributed by atoms with Gasteiger partial charge in [0, 0.05) is 18.9 Å². The standard InChI is InChI=1S/C19H23BrN2O3/c1-19(2,3)25-18(23)22(14-15-8-10-21-11-9-15)12-13-24-17-7-5-4-6-16(17)20/h4-11H,12-14H2,1-3H3. The number of nitrogens with zero attached hydrogens (tertiary/aromatic N) is 2. The molecule has 0 aliphatic rings. The maximum atomic E-state index is 12.5. The van der Waals surface area contributed by atoms with Gasteiger partial charge in [-0.1, -0.05) is 12.1 Å². The zero-order valence-corrected chi connectivity index (χ0v) is 16.3. The van der Waals surface area contributed by atoms with Crippen molar-refractivity contribution in [1.82, 2.24) is 9.88 Å². The number of halogens is 1. The number of rotatable bonds is 6. The summed E-state index contributed by atoms with van der Waals surface area (Å²) in [6, 6.07) is 11.4. The van der Waals surface area contributed by atoms with Crippen molar-refractivity contribution >= 4 is 22.0 Å². The highest BCUT2D eigenvalue weighted by atomic mass is 79.9. The highest BCUT2D eigenvalue weighted by Crippen LogP contribution is 2.23. The lowest BCUT2D eigenvalue weighted by Gasteiger charge is -2.27. The van der Waals surface area contributed by atoms with Crippen LogP contribution in [0.4, 0.5) is 4.79 Å². The third kappa shape index (κ3) is 6.74. The van der Waals surface area contributed by atoms with Gasteiger partial charge in [-0.2, -0.15) is 0 Å². The van der Waals surface area contributed by atoms with Gasteiger partial charge in [-0.25, -0.2) is 4.79 Å². The van der Waals surface area contributed by atoms with Crippen molar-refractivity contribution in [1.29, 1.82) is 0 Å². The Labute approximate surface area is 157 Å². The molecule has 0 bridgehead atoms. The van der Waals surface area contributed by atoms with Gasteiger partial charge >= 0.3 is 6.09 Å². The Morgan fingerprint density at radius 1 is 1.16 bits per heavy atom. The van der Waals surface area contributed by atoms with Crippen LogP contribution in [0.5, 0.6) is 5.75 Å². The van der Waals surface area contributed by atoms with E-state index >= 15 is 0 Å². The van der Waals surface area contributed by atoms with Crippen molar-refractivity contribution < 1.29 is 14.3 Å². The molecule has 0 radical (unpaired) electrons. The predicted octanol–water partition coefficient (Wildman–Crippen LogP) is 4.66. The second kappa shape index (κ2) is 8.85. The number of ether oxygens (including phenoxy) is 2. The number of hydrogen-bond donors (Lipinski definition) is 0. The molecule has 0 fully saturated rings. The molecule has 0 N–H and O–H groups in total. The van der Waals surface area contributed by atoms with Crippen LogP contribution in [0.3, 0.4) is 0 Å². The number of pyridine rings is 1. The summed E-state index contributed by atoms with van der Waals surface area (Å²) in [7, 11) is 0. The van der Waals surface area contributed by atoms with Crippen LogP contribution in [0.15, 0.2) is 53.3 Å². The summed E-state index contributed by atoms with van der Waals surface area (Å²) >= 11 is 3.45. The second-order valence-corrected chi connectivity index (χ2v) is 7.39. The maximum absolute atomic E-state index is 12.5. The third-order valence-electron chi connectivity index (χ3n) is 3.23. The van der Waals surface area contributed by atoms with Crippen LogP contribution in [0.2, 0.25) is 0 Å². The van der Waals surface area contributed by atoms with Crippen LogP contribution in [0, 0.1) is 0 Å². The van der Waals surface area contributed by atoms with E-state index in [1.807, 2.05) is 57.2 Å². The summed E-state index contributed by atoms with van der Waals surface area (Å²) < 4.78 is 12.2. The fraction of sp³-hybridized carbons (Fsp3) is 0.368. The van der Waals surface area contributed by atoms with Crippen molar-refractivity contribution in [3.63, 3.8) is 0 Å². The Morgan fingerprint density at radius 3 is 2.48 bits per heavy atom. The minimum atomic E-state index is -0.545. The molecule has 134 valence electrons. The normalized spacial score (nSPS) is 11.0. The lowest BCUT2D eigenvalue weighted by molar-refractivity contribution is 0.0209. The van der Waals surface area contributed by atoms with Gasteiger partial charge in [0.1, 0.15) is 18.0 Å². The van der Waals surface area contributed by atoms with Crippen LogP contribution in [-0.4, -0.2) is 34.7 Å². The molecule has 2 aromatic rings. The number of para-hydroxylation sites is 1. The lowest BCUT2D eigenvalue weighted by Crippen LogP contribution is -2.38. The van der Waals surface area contributed by atoms with Gasteiger partial charge in [0.05, 0.1) is 11.0 Å². The second-order valence-electron chi connectivity index (χ2n) is 6.54. The summed E-state index contributed by atoms with van der Waals surface area (Å²) in [5.74, 6) is 0.746. The largest absolute Gasteiger partial charge is 0.491 e. The number of aromatic nitrogens is 1. The SMILES string of the molecule is CC(C)(C)OC(=O)N(CCOc1ccccc1Br)Cc1ccncc1. The minimum Gasteiger partial charge on any atom is -0.491 e. The fourth-order valence-electron chi connectivity index (χ4n) is 2.10. The Bertz CT molecular complexity index is 687. The van der Waals surface area contributed by atoms with E-state index in [4.69, 9.17) is 9.47 Å². The molecule has 1 heterocycles. The zero-order chi connectivity index (χ0) is 18.3. The Balaban J connectivity index is 2.00. The van der Waals surface area contributed by atoms with Crippen LogP contribution in [0.1, 0.15) is 26.3 Å². The molecule has 1 aromatic carbocycles. The van der Waals surface area contributed by atoms with Gasteiger partial charge in [-0.3, -0.25) is 4.98 Å². The first-order valence-corrected chi connectivity index (χ1v) is 8.88. The molecule has 0 saturated carbocycles. The van der Waals surface area contributed by atoms with E-state index in [9.17, 15) is 4.79 Å². The molecule has 0 aliphatic carbocycles. The monoisotopic (exact) mass is 406 g/mol. The summed E-state index contributed by atoms with van der Waals surface area (Å²) in [6.07, 6.45) is 3.06. The van der Waals surface area contributed by atoms with Gasteiger partial charge in [0.25, 0.3) is 0 Å². The van der Waals surface area contributed by atoms with Gasteiger partial charge in [-0.05, 0) is 66.5 Å². The fourth-order valence-corrected chi connectivity index (χ4v) is 2.50. The van der Waals surface area contributed by atoms with Crippen LogP contribution in [-0.2, 0) is 11.3 Å². The van der Waals surface area contributed by atoms with Crippen LogP contribution < -0.4 is 4.74 Å². The molecular weight excluding hydrogens is 384 g/mol. The third-order valence-corrected chi connectivity index (χ3v) is 3.89. The number of amides is 1. The highest BCUT2D eigenvalue weighted by molar-refractivity contribution is 9.10. The van der Waals surface area contributed by atoms with Crippen molar-refractivity contribution in [2.45, 2.75) is 32.9 Å². The average Bonchev–Trinajstić information content (AvgIpc) is 2.55. The maximum Gasteiger partial charge on any atom is 0.410 e. The average molecular weight is 407 g/mol. The molecule has 2 rings (SSSR count). The summed E-state index contributed by atoms with van der Waals surface area (Å²) in [5.41, 5.74) is 0.443. The van der Waals surface area contributed by atoms with Gasteiger partial charge < -0.3 is 14.4 Å². The molecule has 1 aromatic heterocycles. The van der Waals surface area contributed by atoms with Gasteiger partial charge in [0.2, 0.25) is 0 Å². The first-order chi connectivity index (χ1) is 11.8. The molecule has 0 saturated heterocycles. The number of benzene rings is 1. The molecule has 0 spiro atoms. The smallest absolute Gasteiger partial charge is 0.410 e. The molecule has 0 aliphatic heterocycles. The molecular formula is C19H23BrN2O3. The number of hydrogen-bond acceptors (Lipinski definition) is 4. The Morgan fingerprint density at radius 2 is 1.84 bits per heavy atom. The number of carbonyl (C=O) groups is 1. The van der Waals surface area contributed by atoms with E-state index < -0.39 is 5.60 Å². The summed E-state index contributed by atoms with van der Waals surface area (Å²) in [5, 5.41) is 0. The Kier molecular flexibility index (Phi) is 6.82. The molecule has 0 unspecified atom stereocenters. The first kappa shape index (κ1) is 19.2. The van der Waals surface area contributed by atoms with Crippen molar-refractivity contribution in [3.05, 3.63) is 58.8 Å². The van der Waals surface area contributed by atoms with E-state index in [1.165, 1.54) is 0 Å². The molecule has 0 atom stereocenters. The lowest BCUT2D eigenvalue weighted by atomic mass is 10.2. The van der Waals surface area contributed by atoms with E-state index in [2.05, 4.69) is 20.9 Å².